The number of rotatable bonds is 5. The van der Waals surface area contributed by atoms with Gasteiger partial charge in [-0.1, -0.05) is 84.4 Å². The molecule has 2 aliphatic heterocycles. The molecule has 2 aromatic rings. The molecule has 7 heteroatoms. The van der Waals surface area contributed by atoms with E-state index in [0.717, 1.165) is 88.0 Å². The molecule has 4 saturated carbocycles. The highest BCUT2D eigenvalue weighted by Gasteiger charge is 2.71. The Kier molecular flexibility index (Phi) is 9.09. The molecule has 0 radical (unpaired) electrons. The van der Waals surface area contributed by atoms with Crippen molar-refractivity contribution in [3.8, 4) is 0 Å². The van der Waals surface area contributed by atoms with E-state index in [-0.39, 0.29) is 51.0 Å². The second-order valence-electron chi connectivity index (χ2n) is 21.8. The van der Waals surface area contributed by atoms with E-state index >= 15 is 0 Å². The Bertz CT molecular complexity index is 2020. The molecule has 3 heterocycles. The molecule has 8 atom stereocenters. The Morgan fingerprint density at radius 2 is 1.60 bits per heavy atom. The summed E-state index contributed by atoms with van der Waals surface area (Å²) >= 11 is 0. The summed E-state index contributed by atoms with van der Waals surface area (Å²) in [5, 5.41) is 0. The van der Waals surface area contributed by atoms with E-state index in [0.29, 0.717) is 18.4 Å². The van der Waals surface area contributed by atoms with E-state index in [2.05, 4.69) is 90.8 Å². The van der Waals surface area contributed by atoms with E-state index in [4.69, 9.17) is 26.2 Å². The first-order valence-electron chi connectivity index (χ1n) is 22.4. The summed E-state index contributed by atoms with van der Waals surface area (Å²) in [4.78, 5) is 27.8. The summed E-state index contributed by atoms with van der Waals surface area (Å²) < 4.78 is 6.42. The lowest BCUT2D eigenvalue weighted by Crippen LogP contribution is -2.65. The van der Waals surface area contributed by atoms with E-state index < -0.39 is 5.41 Å². The number of fused-ring (bicyclic) bond motifs is 8. The third-order valence-corrected chi connectivity index (χ3v) is 18.0. The highest BCUT2D eigenvalue weighted by molar-refractivity contribution is 6.07. The van der Waals surface area contributed by atoms with Gasteiger partial charge in [-0.05, 0) is 151 Å². The Morgan fingerprint density at radius 3 is 2.30 bits per heavy atom. The second-order valence-corrected chi connectivity index (χ2v) is 21.8. The molecule has 57 heavy (non-hydrogen) atoms. The van der Waals surface area contributed by atoms with Crippen molar-refractivity contribution in [1.82, 2.24) is 4.98 Å². The fraction of sp³-hybridized carbons (Fsp3) is 0.660. The van der Waals surface area contributed by atoms with Crippen LogP contribution < -0.4 is 16.4 Å². The van der Waals surface area contributed by atoms with Gasteiger partial charge in [0.1, 0.15) is 12.4 Å². The van der Waals surface area contributed by atoms with E-state index in [1.807, 2.05) is 18.2 Å². The number of piperidine rings is 1. The number of esters is 1. The van der Waals surface area contributed by atoms with Crippen molar-refractivity contribution in [2.24, 2.45) is 66.7 Å². The van der Waals surface area contributed by atoms with Crippen LogP contribution in [0, 0.1) is 50.2 Å². The van der Waals surface area contributed by atoms with Crippen LogP contribution >= 0.6 is 0 Å². The number of hydrogen-bond acceptors (Lipinski definition) is 7. The van der Waals surface area contributed by atoms with Crippen LogP contribution in [0.25, 0.3) is 5.57 Å². The Labute approximate surface area is 342 Å². The molecule has 1 saturated heterocycles. The Morgan fingerprint density at radius 1 is 0.877 bits per heavy atom. The average Bonchev–Trinajstić information content (AvgIpc) is 3.47. The van der Waals surface area contributed by atoms with Gasteiger partial charge in [-0.3, -0.25) is 9.79 Å². The number of benzene rings is 1. The van der Waals surface area contributed by atoms with Gasteiger partial charge < -0.3 is 21.1 Å². The second kappa shape index (κ2) is 13.3. The van der Waals surface area contributed by atoms with Crippen LogP contribution in [0.15, 0.2) is 70.5 Å². The molecule has 1 aromatic heterocycles. The lowest BCUT2D eigenvalue weighted by Gasteiger charge is -2.71. The first-order chi connectivity index (χ1) is 26.9. The van der Waals surface area contributed by atoms with Crippen molar-refractivity contribution in [1.29, 1.82) is 0 Å². The number of carbonyl (C=O) groups excluding carboxylic acids is 1. The summed E-state index contributed by atoms with van der Waals surface area (Å²) in [6.07, 6.45) is 13.3. The number of aromatic nitrogens is 1. The van der Waals surface area contributed by atoms with Crippen LogP contribution in [-0.2, 0) is 16.1 Å². The highest BCUT2D eigenvalue weighted by atomic mass is 16.5. The van der Waals surface area contributed by atoms with Crippen molar-refractivity contribution < 1.29 is 9.53 Å². The number of ether oxygens (including phenoxy) is 1. The number of pyridine rings is 1. The minimum atomic E-state index is -0.536. The van der Waals surface area contributed by atoms with E-state index in [1.165, 1.54) is 35.3 Å². The van der Waals surface area contributed by atoms with Crippen molar-refractivity contribution in [2.45, 2.75) is 145 Å². The molecule has 5 aliphatic carbocycles. The van der Waals surface area contributed by atoms with E-state index in [1.54, 1.807) is 5.57 Å². The monoisotopic (exact) mass is 772 g/mol. The van der Waals surface area contributed by atoms with Gasteiger partial charge >= 0.3 is 5.97 Å². The van der Waals surface area contributed by atoms with Gasteiger partial charge in [0.2, 0.25) is 0 Å². The van der Waals surface area contributed by atoms with Gasteiger partial charge in [0.15, 0.2) is 0 Å². The van der Waals surface area contributed by atoms with Crippen molar-refractivity contribution >= 4 is 23.1 Å². The SMILES string of the molecule is CC1N=C2C(=C1N)C[C@@]1(C)C(CC[C@]3(C)C1CC(c1ccc(N4CCC(N)CC4)nc1)=C1C4CC(C)(C)CC[C@]4(C(=O)OCc4ccccc4)CC[C@]13C)C2(C)C. The number of allylic oxidation sites excluding steroid dienone is 3. The van der Waals surface area contributed by atoms with Crippen LogP contribution in [0.3, 0.4) is 0 Å². The molecule has 0 amide bonds. The maximum absolute atomic E-state index is 14.9. The lowest BCUT2D eigenvalue weighted by atomic mass is 9.32. The molecule has 5 fully saturated rings. The normalized spacial score (nSPS) is 38.3. The van der Waals surface area contributed by atoms with Crippen molar-refractivity contribution in [2.75, 3.05) is 18.0 Å². The zero-order valence-electron chi connectivity index (χ0n) is 36.2. The predicted octanol–water partition coefficient (Wildman–Crippen LogP) is 10.0. The minimum Gasteiger partial charge on any atom is -0.460 e. The summed E-state index contributed by atoms with van der Waals surface area (Å²) in [5.74, 6) is 2.11. The third-order valence-electron chi connectivity index (χ3n) is 18.0. The average molecular weight is 772 g/mol. The number of nitrogens with two attached hydrogens (primary N) is 2. The Hall–Kier alpha value is -3.45. The summed E-state index contributed by atoms with van der Waals surface area (Å²) in [7, 11) is 0. The van der Waals surface area contributed by atoms with Gasteiger partial charge in [0.05, 0.1) is 11.5 Å². The number of aliphatic imine (C=N–C) groups is 1. The first kappa shape index (κ1) is 39.0. The molecule has 0 bridgehead atoms. The van der Waals surface area contributed by atoms with Crippen molar-refractivity contribution in [3.63, 3.8) is 0 Å². The number of hydrogen-bond donors (Lipinski definition) is 2. The molecule has 306 valence electrons. The number of carbonyl (C=O) groups is 1. The topological polar surface area (TPSA) is 107 Å². The quantitative estimate of drug-likeness (QED) is 0.293. The predicted molar refractivity (Wildman–Crippen MR) is 231 cm³/mol. The zero-order chi connectivity index (χ0) is 40.3. The third kappa shape index (κ3) is 5.77. The highest BCUT2D eigenvalue weighted by Crippen LogP contribution is 2.78. The van der Waals surface area contributed by atoms with Crippen LogP contribution in [0.1, 0.15) is 137 Å². The molecule has 4 unspecified atom stereocenters. The minimum absolute atomic E-state index is 0.0130. The van der Waals surface area contributed by atoms with Gasteiger partial charge in [-0.15, -0.1) is 0 Å². The van der Waals surface area contributed by atoms with Crippen LogP contribution in [0.2, 0.25) is 0 Å². The number of nitrogens with zero attached hydrogens (tertiary/aromatic N) is 3. The smallest absolute Gasteiger partial charge is 0.313 e. The summed E-state index contributed by atoms with van der Waals surface area (Å²) in [5.41, 5.74) is 21.7. The van der Waals surface area contributed by atoms with E-state index in [9.17, 15) is 4.79 Å². The molecule has 1 aromatic carbocycles. The van der Waals surface area contributed by atoms with Crippen LogP contribution in [0.4, 0.5) is 5.82 Å². The maximum atomic E-state index is 14.9. The molecule has 7 nitrogen and oxygen atoms in total. The molecule has 0 spiro atoms. The summed E-state index contributed by atoms with van der Waals surface area (Å²) in [6.45, 7) is 22.1. The van der Waals surface area contributed by atoms with Gasteiger partial charge in [0.25, 0.3) is 0 Å². The number of anilines is 1. The maximum Gasteiger partial charge on any atom is 0.313 e. The fourth-order valence-corrected chi connectivity index (χ4v) is 14.6. The molecular formula is C50H69N5O2. The van der Waals surface area contributed by atoms with Crippen LogP contribution in [-0.4, -0.2) is 41.8 Å². The lowest BCUT2D eigenvalue weighted by molar-refractivity contribution is -0.181. The standard InChI is InChI=1S/C50H69N5O2/c1-31-42(52)36-27-47(6)38(46(4,5)43(36)54-31)16-19-48(7)39(47)26-35(33-14-15-40(53-29-33)55-24-17-34(51)18-25-55)41-37-28-45(2,3)20-22-50(37,23-21-49(41,48)8)44(56)57-30-32-12-10-9-11-13-32/h9-15,29,31,34,37-39H,16-28,30,51-52H2,1-8H3/t31?,37?,38?,39?,47-,48+,49+,50-/m0/s1. The fourth-order valence-electron chi connectivity index (χ4n) is 14.6. The molecular weight excluding hydrogens is 703 g/mol. The van der Waals surface area contributed by atoms with Gasteiger partial charge in [-0.2, -0.15) is 0 Å². The van der Waals surface area contributed by atoms with Crippen LogP contribution in [0.5, 0.6) is 0 Å². The molecule has 9 rings (SSSR count). The van der Waals surface area contributed by atoms with Gasteiger partial charge in [-0.25, -0.2) is 4.98 Å². The zero-order valence-corrected chi connectivity index (χ0v) is 36.2. The van der Waals surface area contributed by atoms with Gasteiger partial charge in [0, 0.05) is 42.2 Å². The Balaban J connectivity index is 1.20. The largest absolute Gasteiger partial charge is 0.460 e. The van der Waals surface area contributed by atoms with Crippen molar-refractivity contribution in [3.05, 3.63) is 76.6 Å². The molecule has 4 N–H and O–H groups in total. The first-order valence-corrected chi connectivity index (χ1v) is 22.4. The summed E-state index contributed by atoms with van der Waals surface area (Å²) in [6, 6.07) is 15.2. The molecule has 7 aliphatic rings.